The molecule has 118 valence electrons. The zero-order valence-electron chi connectivity index (χ0n) is 12.4. The summed E-state index contributed by atoms with van der Waals surface area (Å²) in [5, 5.41) is 12.9. The number of carbonyl (C=O) groups is 2. The molecular weight excluding hydrogens is 288 g/mol. The van der Waals surface area contributed by atoms with Crippen LogP contribution in [-0.4, -0.2) is 22.8 Å². The number of benzene rings is 1. The molecule has 1 amide bonds. The number of non-ortho nitro benzene ring substituents is 1. The standard InChI is InChI=1S/C9H7NO4.C6H11NO/c1-2-9(11)14-8-5-3-7(4-6-8)10(12)13;1-4-6(8)7-5(2)3/h2-6H,1H2;4-5H,1H2,2-3H3,(H,7,8). The first kappa shape index (κ1) is 19.0. The molecule has 1 aromatic carbocycles. The summed E-state index contributed by atoms with van der Waals surface area (Å²) >= 11 is 0. The second kappa shape index (κ2) is 9.87. The van der Waals surface area contributed by atoms with Crippen LogP contribution < -0.4 is 10.1 Å². The number of rotatable bonds is 5. The Hall–Kier alpha value is -2.96. The van der Waals surface area contributed by atoms with Gasteiger partial charge in [0.05, 0.1) is 4.92 Å². The van der Waals surface area contributed by atoms with Crippen molar-refractivity contribution in [1.29, 1.82) is 0 Å². The van der Waals surface area contributed by atoms with Crippen LogP contribution in [0.4, 0.5) is 5.69 Å². The summed E-state index contributed by atoms with van der Waals surface area (Å²) in [5.41, 5.74) is -0.0524. The highest BCUT2D eigenvalue weighted by atomic mass is 16.6. The van der Waals surface area contributed by atoms with E-state index in [2.05, 4.69) is 18.5 Å². The Morgan fingerprint density at radius 2 is 1.77 bits per heavy atom. The van der Waals surface area contributed by atoms with Crippen LogP contribution in [0.1, 0.15) is 13.8 Å². The first-order chi connectivity index (χ1) is 10.3. The molecule has 7 heteroatoms. The van der Waals surface area contributed by atoms with Gasteiger partial charge in [0.2, 0.25) is 5.91 Å². The molecule has 1 rings (SSSR count). The van der Waals surface area contributed by atoms with Crippen molar-refractivity contribution in [2.45, 2.75) is 19.9 Å². The normalized spacial score (nSPS) is 9.05. The van der Waals surface area contributed by atoms with Gasteiger partial charge in [-0.3, -0.25) is 14.9 Å². The predicted octanol–water partition coefficient (Wildman–Crippen LogP) is 2.38. The number of hydrogen-bond acceptors (Lipinski definition) is 5. The van der Waals surface area contributed by atoms with E-state index in [4.69, 9.17) is 4.74 Å². The highest BCUT2D eigenvalue weighted by Crippen LogP contribution is 2.17. The Bertz CT molecular complexity index is 550. The van der Waals surface area contributed by atoms with Gasteiger partial charge in [0.25, 0.3) is 5.69 Å². The van der Waals surface area contributed by atoms with E-state index < -0.39 is 10.9 Å². The summed E-state index contributed by atoms with van der Waals surface area (Å²) in [7, 11) is 0. The van der Waals surface area contributed by atoms with Gasteiger partial charge >= 0.3 is 5.97 Å². The molecule has 0 aliphatic heterocycles. The molecule has 1 N–H and O–H groups in total. The third-order valence-electron chi connectivity index (χ3n) is 2.05. The summed E-state index contributed by atoms with van der Waals surface area (Å²) < 4.78 is 4.72. The molecule has 0 aliphatic carbocycles. The quantitative estimate of drug-likeness (QED) is 0.296. The summed E-state index contributed by atoms with van der Waals surface area (Å²) in [6.45, 7) is 10.3. The van der Waals surface area contributed by atoms with Gasteiger partial charge in [-0.1, -0.05) is 13.2 Å². The number of hydrogen-bond donors (Lipinski definition) is 1. The molecule has 0 spiro atoms. The zero-order chi connectivity index (χ0) is 17.1. The van der Waals surface area contributed by atoms with E-state index in [0.717, 1.165) is 6.08 Å². The minimum Gasteiger partial charge on any atom is -0.423 e. The van der Waals surface area contributed by atoms with Crippen LogP contribution in [0.3, 0.4) is 0 Å². The zero-order valence-corrected chi connectivity index (χ0v) is 12.4. The van der Waals surface area contributed by atoms with E-state index in [0.29, 0.717) is 0 Å². The van der Waals surface area contributed by atoms with E-state index >= 15 is 0 Å². The molecular formula is C15H18N2O5. The lowest BCUT2D eigenvalue weighted by molar-refractivity contribution is -0.384. The molecule has 7 nitrogen and oxygen atoms in total. The Balaban J connectivity index is 0.000000472. The summed E-state index contributed by atoms with van der Waals surface area (Å²) in [6.07, 6.45) is 2.28. The molecule has 0 radical (unpaired) electrons. The molecule has 0 unspecified atom stereocenters. The van der Waals surface area contributed by atoms with Crippen molar-refractivity contribution >= 4 is 17.6 Å². The van der Waals surface area contributed by atoms with Crippen molar-refractivity contribution in [3.05, 3.63) is 59.7 Å². The number of nitrogens with one attached hydrogen (secondary N) is 1. The lowest BCUT2D eigenvalue weighted by Crippen LogP contribution is -2.27. The van der Waals surface area contributed by atoms with Crippen molar-refractivity contribution in [2.24, 2.45) is 0 Å². The maximum atomic E-state index is 10.7. The largest absolute Gasteiger partial charge is 0.423 e. The first-order valence-corrected chi connectivity index (χ1v) is 6.31. The second-order valence-corrected chi connectivity index (χ2v) is 4.24. The van der Waals surface area contributed by atoms with Crippen molar-refractivity contribution in [1.82, 2.24) is 5.32 Å². The van der Waals surface area contributed by atoms with Crippen LogP contribution in [-0.2, 0) is 9.59 Å². The summed E-state index contributed by atoms with van der Waals surface area (Å²) in [6, 6.07) is 5.41. The number of ether oxygens (including phenoxy) is 1. The number of nitro benzene ring substituents is 1. The third kappa shape index (κ3) is 8.26. The van der Waals surface area contributed by atoms with Gasteiger partial charge in [0.15, 0.2) is 0 Å². The number of carbonyl (C=O) groups excluding carboxylic acids is 2. The fourth-order valence-corrected chi connectivity index (χ4v) is 1.14. The van der Waals surface area contributed by atoms with Crippen LogP contribution in [0.25, 0.3) is 0 Å². The Morgan fingerprint density at radius 3 is 2.09 bits per heavy atom. The Labute approximate surface area is 128 Å². The number of esters is 1. The molecule has 22 heavy (non-hydrogen) atoms. The highest BCUT2D eigenvalue weighted by molar-refractivity contribution is 5.87. The molecule has 1 aromatic rings. The van der Waals surface area contributed by atoms with Gasteiger partial charge in [-0.05, 0) is 32.1 Å². The molecule has 0 aromatic heterocycles. The minimum atomic E-state index is -0.598. The van der Waals surface area contributed by atoms with Crippen LogP contribution >= 0.6 is 0 Å². The molecule has 0 fully saturated rings. The van der Waals surface area contributed by atoms with Gasteiger partial charge in [0, 0.05) is 24.3 Å². The van der Waals surface area contributed by atoms with Gasteiger partial charge in [-0.15, -0.1) is 0 Å². The topological polar surface area (TPSA) is 98.5 Å². The van der Waals surface area contributed by atoms with E-state index in [1.165, 1.54) is 30.3 Å². The van der Waals surface area contributed by atoms with E-state index in [9.17, 15) is 19.7 Å². The average molecular weight is 306 g/mol. The van der Waals surface area contributed by atoms with Crippen LogP contribution in [0.5, 0.6) is 5.75 Å². The van der Waals surface area contributed by atoms with Crippen molar-refractivity contribution in [3.63, 3.8) is 0 Å². The lowest BCUT2D eigenvalue weighted by atomic mass is 10.3. The van der Waals surface area contributed by atoms with Gasteiger partial charge in [0.1, 0.15) is 5.75 Å². The minimum absolute atomic E-state index is 0.0524. The maximum absolute atomic E-state index is 10.7. The fourth-order valence-electron chi connectivity index (χ4n) is 1.14. The van der Waals surface area contributed by atoms with E-state index in [1.807, 2.05) is 13.8 Å². The lowest BCUT2D eigenvalue weighted by Gasteiger charge is -2.02. The first-order valence-electron chi connectivity index (χ1n) is 6.31. The third-order valence-corrected chi connectivity index (χ3v) is 2.05. The molecule has 0 saturated carbocycles. The molecule has 0 saturated heterocycles. The van der Waals surface area contributed by atoms with Gasteiger partial charge in [-0.25, -0.2) is 4.79 Å². The SMILES string of the molecule is C=CC(=O)NC(C)C.C=CC(=O)Oc1ccc([N+](=O)[O-])cc1. The monoisotopic (exact) mass is 306 g/mol. The fraction of sp³-hybridized carbons (Fsp3) is 0.200. The second-order valence-electron chi connectivity index (χ2n) is 4.24. The van der Waals surface area contributed by atoms with Crippen LogP contribution in [0.15, 0.2) is 49.6 Å². The van der Waals surface area contributed by atoms with Crippen molar-refractivity contribution in [3.8, 4) is 5.75 Å². The van der Waals surface area contributed by atoms with Crippen LogP contribution in [0.2, 0.25) is 0 Å². The van der Waals surface area contributed by atoms with Crippen LogP contribution in [0, 0.1) is 10.1 Å². The number of nitro groups is 1. The molecule has 0 heterocycles. The smallest absolute Gasteiger partial charge is 0.335 e. The summed E-state index contributed by atoms with van der Waals surface area (Å²) in [4.78, 5) is 30.9. The average Bonchev–Trinajstić information content (AvgIpc) is 2.47. The van der Waals surface area contributed by atoms with Crippen molar-refractivity contribution in [2.75, 3.05) is 0 Å². The predicted molar refractivity (Wildman–Crippen MR) is 82.4 cm³/mol. The highest BCUT2D eigenvalue weighted by Gasteiger charge is 2.05. The molecule has 0 aliphatic rings. The number of nitrogens with zero attached hydrogens (tertiary/aromatic N) is 1. The van der Waals surface area contributed by atoms with E-state index in [-0.39, 0.29) is 23.4 Å². The maximum Gasteiger partial charge on any atom is 0.335 e. The Morgan fingerprint density at radius 1 is 1.23 bits per heavy atom. The molecule has 0 atom stereocenters. The summed E-state index contributed by atoms with van der Waals surface area (Å²) in [5.74, 6) is -0.459. The van der Waals surface area contributed by atoms with E-state index in [1.54, 1.807) is 0 Å². The Kier molecular flexibility index (Phi) is 8.54. The van der Waals surface area contributed by atoms with Crippen molar-refractivity contribution < 1.29 is 19.2 Å². The van der Waals surface area contributed by atoms with Gasteiger partial charge in [-0.2, -0.15) is 0 Å². The molecule has 0 bridgehead atoms. The van der Waals surface area contributed by atoms with Gasteiger partial charge < -0.3 is 10.1 Å². The number of amides is 1.